The summed E-state index contributed by atoms with van der Waals surface area (Å²) in [6.07, 6.45) is 0.512. The Morgan fingerprint density at radius 3 is 2.33 bits per heavy atom. The molecule has 0 bridgehead atoms. The number of anilines is 1. The van der Waals surface area contributed by atoms with E-state index in [1.165, 1.54) is 0 Å². The van der Waals surface area contributed by atoms with Crippen LogP contribution in [0.3, 0.4) is 0 Å². The highest BCUT2D eigenvalue weighted by Gasteiger charge is 2.26. The molecule has 0 aromatic carbocycles. The Morgan fingerprint density at radius 2 is 1.92 bits per heavy atom. The van der Waals surface area contributed by atoms with Crippen molar-refractivity contribution in [3.8, 4) is 0 Å². The van der Waals surface area contributed by atoms with E-state index in [2.05, 4.69) is 4.98 Å². The Morgan fingerprint density at radius 1 is 1.33 bits per heavy atom. The smallest absolute Gasteiger partial charge is 0.445 e. The van der Waals surface area contributed by atoms with Gasteiger partial charge in [-0.1, -0.05) is 5.46 Å². The maximum atomic E-state index is 12.4. The third kappa shape index (κ3) is 1.66. The Balaban J connectivity index is 3.14. The van der Waals surface area contributed by atoms with Crippen molar-refractivity contribution in [2.24, 2.45) is 0 Å². The second-order valence-corrected chi connectivity index (χ2v) is 2.21. The van der Waals surface area contributed by atoms with Crippen molar-refractivity contribution in [3.63, 3.8) is 0 Å². The summed E-state index contributed by atoms with van der Waals surface area (Å²) < 4.78 is 48.2. The fourth-order valence-corrected chi connectivity index (χ4v) is 0.642. The first-order valence-corrected chi connectivity index (χ1v) is 3.02. The lowest BCUT2D eigenvalue weighted by Gasteiger charge is -2.13. The normalized spacial score (nSPS) is 11.7. The van der Waals surface area contributed by atoms with Crippen LogP contribution in [0, 0.1) is 5.82 Å². The van der Waals surface area contributed by atoms with Crippen LogP contribution in [0.2, 0.25) is 0 Å². The Hall–Kier alpha value is -1.27. The van der Waals surface area contributed by atoms with Gasteiger partial charge in [-0.25, -0.2) is 9.37 Å². The van der Waals surface area contributed by atoms with Crippen LogP contribution in [-0.2, 0) is 0 Å². The lowest BCUT2D eigenvalue weighted by molar-refractivity contribution is 0.499. The molecule has 2 nitrogen and oxygen atoms in total. The molecule has 1 rings (SSSR count). The molecule has 0 aliphatic carbocycles. The minimum atomic E-state index is -5.20. The van der Waals surface area contributed by atoms with Gasteiger partial charge in [0.2, 0.25) is 0 Å². The van der Waals surface area contributed by atoms with Crippen LogP contribution < -0.4 is 11.2 Å². The molecule has 0 aliphatic rings. The first-order chi connectivity index (χ1) is 5.41. The third-order valence-corrected chi connectivity index (χ3v) is 1.27. The van der Waals surface area contributed by atoms with Crippen LogP contribution in [0.25, 0.3) is 0 Å². The molecule has 0 atom stereocenters. The molecule has 1 heterocycles. The average Bonchev–Trinajstić information content (AvgIpc) is 1.92. The van der Waals surface area contributed by atoms with Crippen LogP contribution in [0.15, 0.2) is 12.3 Å². The van der Waals surface area contributed by atoms with Gasteiger partial charge in [0.1, 0.15) is 0 Å². The summed E-state index contributed by atoms with van der Waals surface area (Å²) in [5.41, 5.74) is 3.80. The monoisotopic (exact) mass is 179 g/mol. The second kappa shape index (κ2) is 2.65. The second-order valence-electron chi connectivity index (χ2n) is 2.21. The number of pyridine rings is 1. The van der Waals surface area contributed by atoms with E-state index in [1.807, 2.05) is 0 Å². The lowest BCUT2D eigenvalue weighted by Crippen LogP contribution is -2.34. The average molecular weight is 179 g/mol. The van der Waals surface area contributed by atoms with Crippen molar-refractivity contribution in [2.75, 3.05) is 5.73 Å². The van der Waals surface area contributed by atoms with E-state index >= 15 is 0 Å². The highest BCUT2D eigenvalue weighted by Crippen LogP contribution is 2.10. The van der Waals surface area contributed by atoms with Crippen molar-refractivity contribution in [3.05, 3.63) is 18.1 Å². The van der Waals surface area contributed by atoms with Crippen molar-refractivity contribution < 1.29 is 17.3 Å². The molecule has 0 amide bonds. The lowest BCUT2D eigenvalue weighted by atomic mass is 9.81. The van der Waals surface area contributed by atoms with Crippen LogP contribution >= 0.6 is 0 Å². The number of aromatic nitrogens is 1. The fraction of sp³-hybridized carbons (Fsp3) is 0. The van der Waals surface area contributed by atoms with Gasteiger partial charge >= 0.3 is 6.98 Å². The molecule has 66 valence electrons. The zero-order valence-electron chi connectivity index (χ0n) is 5.77. The number of nitrogens with zero attached hydrogens (tertiary/aromatic N) is 1. The topological polar surface area (TPSA) is 38.9 Å². The van der Waals surface area contributed by atoms with E-state index < -0.39 is 24.1 Å². The molecule has 0 radical (unpaired) electrons. The van der Waals surface area contributed by atoms with E-state index in [0.29, 0.717) is 12.3 Å². The molecule has 1 aromatic rings. The van der Waals surface area contributed by atoms with Crippen LogP contribution in [0.4, 0.5) is 23.2 Å². The minimum absolute atomic E-state index is 0.336. The summed E-state index contributed by atoms with van der Waals surface area (Å²) in [6.45, 7) is -5.20. The first kappa shape index (κ1) is 8.83. The fourth-order valence-electron chi connectivity index (χ4n) is 0.642. The molecule has 0 saturated carbocycles. The quantitative estimate of drug-likeness (QED) is 0.512. The summed E-state index contributed by atoms with van der Waals surface area (Å²) in [7, 11) is 0. The standard InChI is InChI=1S/C5H4BF4N2/c7-4-1-3(6(8,9)10)2-12-5(4)11/h1-2H,(H2,11,12)/q-1. The van der Waals surface area contributed by atoms with Gasteiger partial charge in [0, 0.05) is 6.20 Å². The number of halogens is 4. The van der Waals surface area contributed by atoms with E-state index in [9.17, 15) is 17.3 Å². The molecule has 0 unspecified atom stereocenters. The Kier molecular flexibility index (Phi) is 1.95. The molecule has 12 heavy (non-hydrogen) atoms. The largest absolute Gasteiger partial charge is 0.511 e. The zero-order chi connectivity index (χ0) is 9.35. The van der Waals surface area contributed by atoms with Gasteiger partial charge in [0.15, 0.2) is 11.6 Å². The maximum absolute atomic E-state index is 12.4. The Bertz CT molecular complexity index is 298. The van der Waals surface area contributed by atoms with Crippen molar-refractivity contribution >= 4 is 18.3 Å². The first-order valence-electron chi connectivity index (χ1n) is 3.02. The molecule has 0 aliphatic heterocycles. The number of hydrogen-bond donors (Lipinski definition) is 1. The summed E-state index contributed by atoms with van der Waals surface area (Å²) >= 11 is 0. The van der Waals surface area contributed by atoms with Gasteiger partial charge < -0.3 is 18.7 Å². The highest BCUT2D eigenvalue weighted by atomic mass is 19.4. The van der Waals surface area contributed by atoms with Gasteiger partial charge in [0.05, 0.1) is 0 Å². The molecule has 7 heteroatoms. The summed E-state index contributed by atoms with van der Waals surface area (Å²) in [6, 6.07) is 0.336. The summed E-state index contributed by atoms with van der Waals surface area (Å²) in [4.78, 5) is 3.04. The van der Waals surface area contributed by atoms with E-state index in [4.69, 9.17) is 5.73 Å². The molecular weight excluding hydrogens is 175 g/mol. The number of hydrogen-bond acceptors (Lipinski definition) is 2. The molecule has 0 fully saturated rings. The van der Waals surface area contributed by atoms with Crippen molar-refractivity contribution in [1.29, 1.82) is 0 Å². The SMILES string of the molecule is Nc1ncc([B-](F)(F)F)cc1F. The third-order valence-electron chi connectivity index (χ3n) is 1.27. The predicted octanol–water partition coefficient (Wildman–Crippen LogP) is 0.857. The van der Waals surface area contributed by atoms with Crippen LogP contribution in [-0.4, -0.2) is 12.0 Å². The van der Waals surface area contributed by atoms with Gasteiger partial charge in [-0.2, -0.15) is 0 Å². The maximum Gasteiger partial charge on any atom is 0.511 e. The highest BCUT2D eigenvalue weighted by molar-refractivity contribution is 6.73. The van der Waals surface area contributed by atoms with Gasteiger partial charge in [-0.15, -0.1) is 0 Å². The molecule has 2 N–H and O–H groups in total. The number of nitrogens with two attached hydrogens (primary N) is 1. The number of rotatable bonds is 1. The molecule has 1 aromatic heterocycles. The van der Waals surface area contributed by atoms with Crippen LogP contribution in [0.1, 0.15) is 0 Å². The van der Waals surface area contributed by atoms with E-state index in [-0.39, 0.29) is 0 Å². The Labute approximate surface area is 65.5 Å². The molecular formula is C5H4BF4N2-. The van der Waals surface area contributed by atoms with E-state index in [1.54, 1.807) is 0 Å². The summed E-state index contributed by atoms with van der Waals surface area (Å²) in [5.74, 6) is -1.68. The number of nitrogen functional groups attached to an aromatic ring is 1. The molecule has 0 saturated heterocycles. The van der Waals surface area contributed by atoms with E-state index in [0.717, 1.165) is 0 Å². The van der Waals surface area contributed by atoms with Crippen molar-refractivity contribution in [2.45, 2.75) is 0 Å². The van der Waals surface area contributed by atoms with Gasteiger partial charge in [-0.05, 0) is 6.07 Å². The summed E-state index contributed by atoms with van der Waals surface area (Å²) in [5, 5.41) is 0. The zero-order valence-corrected chi connectivity index (χ0v) is 5.77. The predicted molar refractivity (Wildman–Crippen MR) is 37.3 cm³/mol. The van der Waals surface area contributed by atoms with Gasteiger partial charge in [0.25, 0.3) is 0 Å². The minimum Gasteiger partial charge on any atom is -0.445 e. The molecule has 0 spiro atoms. The van der Waals surface area contributed by atoms with Gasteiger partial charge in [-0.3, -0.25) is 0 Å². The van der Waals surface area contributed by atoms with Crippen molar-refractivity contribution in [1.82, 2.24) is 4.98 Å². The van der Waals surface area contributed by atoms with Crippen LogP contribution in [0.5, 0.6) is 0 Å².